The molecule has 2 atom stereocenters. The third-order valence-corrected chi connectivity index (χ3v) is 6.19. The van der Waals surface area contributed by atoms with Gasteiger partial charge in [0.05, 0.1) is 12.7 Å². The van der Waals surface area contributed by atoms with Gasteiger partial charge in [0.25, 0.3) is 0 Å². The molecule has 0 unspecified atom stereocenters. The molecular weight excluding hydrogens is 406 g/mol. The van der Waals surface area contributed by atoms with Crippen molar-refractivity contribution in [3.63, 3.8) is 0 Å². The Bertz CT molecular complexity index is 1160. The topological polar surface area (TPSA) is 30.5 Å². The van der Waals surface area contributed by atoms with Crippen LogP contribution in [0.4, 0.5) is 0 Å². The highest BCUT2D eigenvalue weighted by Gasteiger charge is 2.27. The fourth-order valence-electron chi connectivity index (χ4n) is 4.49. The number of benzene rings is 4. The fourth-order valence-corrected chi connectivity index (χ4v) is 4.49. The average Bonchev–Trinajstić information content (AvgIpc) is 2.89. The van der Waals surface area contributed by atoms with Gasteiger partial charge in [-0.15, -0.1) is 0 Å². The number of hydrogen-bond donors (Lipinski definition) is 1. The molecule has 1 fully saturated rings. The molecule has 0 radical (unpaired) electrons. The second kappa shape index (κ2) is 10.5. The van der Waals surface area contributed by atoms with Crippen molar-refractivity contribution in [3.8, 4) is 22.6 Å². The molecule has 0 bridgehead atoms. The minimum Gasteiger partial charge on any atom is -0.457 e. The van der Waals surface area contributed by atoms with Gasteiger partial charge in [0.15, 0.2) is 0 Å². The molecule has 4 aromatic rings. The molecule has 1 heterocycles. The van der Waals surface area contributed by atoms with E-state index < -0.39 is 0 Å². The Morgan fingerprint density at radius 3 is 2.27 bits per heavy atom. The van der Waals surface area contributed by atoms with Crippen LogP contribution in [0.2, 0.25) is 0 Å². The van der Waals surface area contributed by atoms with Crippen LogP contribution in [-0.2, 0) is 11.3 Å². The first-order chi connectivity index (χ1) is 16.3. The van der Waals surface area contributed by atoms with Gasteiger partial charge in [0.2, 0.25) is 0 Å². The van der Waals surface area contributed by atoms with Crippen molar-refractivity contribution in [1.82, 2.24) is 5.32 Å². The third kappa shape index (κ3) is 5.51. The van der Waals surface area contributed by atoms with Crippen molar-refractivity contribution in [2.24, 2.45) is 0 Å². The molecule has 5 rings (SSSR count). The van der Waals surface area contributed by atoms with Gasteiger partial charge in [-0.2, -0.15) is 0 Å². The standard InChI is InChI=1S/C30H29NO2/c1-3-10-24(11-4-1)25-12-8-13-26(20-25)29-17-18-31-21-30(29)32-22-23-9-7-16-28(19-23)33-27-14-5-2-6-15-27/h1-16,19-20,29-31H,17-18,21-22H2/t29-,30+/m1/s1. The number of ether oxygens (including phenoxy) is 2. The van der Waals surface area contributed by atoms with Crippen LogP contribution >= 0.6 is 0 Å². The zero-order chi connectivity index (χ0) is 22.3. The van der Waals surface area contributed by atoms with Crippen LogP contribution in [0.3, 0.4) is 0 Å². The lowest BCUT2D eigenvalue weighted by Gasteiger charge is -2.33. The summed E-state index contributed by atoms with van der Waals surface area (Å²) in [7, 11) is 0. The molecule has 0 amide bonds. The number of piperidine rings is 1. The molecule has 0 spiro atoms. The molecular formula is C30H29NO2. The number of rotatable bonds is 7. The van der Waals surface area contributed by atoms with Crippen molar-refractivity contribution in [3.05, 3.63) is 120 Å². The van der Waals surface area contributed by atoms with E-state index in [-0.39, 0.29) is 6.10 Å². The molecule has 0 aliphatic carbocycles. The second-order valence-electron chi connectivity index (χ2n) is 8.50. The summed E-state index contributed by atoms with van der Waals surface area (Å²) in [6.07, 6.45) is 1.20. The lowest BCUT2D eigenvalue weighted by molar-refractivity contribution is 0.0106. The van der Waals surface area contributed by atoms with E-state index in [0.29, 0.717) is 12.5 Å². The van der Waals surface area contributed by atoms with E-state index in [2.05, 4.69) is 72.0 Å². The molecule has 1 aliphatic heterocycles. The van der Waals surface area contributed by atoms with Crippen molar-refractivity contribution in [2.75, 3.05) is 13.1 Å². The van der Waals surface area contributed by atoms with Crippen LogP contribution in [0.25, 0.3) is 11.1 Å². The summed E-state index contributed by atoms with van der Waals surface area (Å²) in [6, 6.07) is 37.5. The minimum atomic E-state index is 0.128. The third-order valence-electron chi connectivity index (χ3n) is 6.19. The van der Waals surface area contributed by atoms with E-state index in [1.807, 2.05) is 42.5 Å². The molecule has 33 heavy (non-hydrogen) atoms. The quantitative estimate of drug-likeness (QED) is 0.346. The van der Waals surface area contributed by atoms with Crippen LogP contribution in [0, 0.1) is 0 Å². The summed E-state index contributed by atoms with van der Waals surface area (Å²) < 4.78 is 12.5. The van der Waals surface area contributed by atoms with Crippen LogP contribution in [-0.4, -0.2) is 19.2 Å². The summed E-state index contributed by atoms with van der Waals surface area (Å²) in [4.78, 5) is 0. The lowest BCUT2D eigenvalue weighted by atomic mass is 9.86. The highest BCUT2D eigenvalue weighted by molar-refractivity contribution is 5.64. The highest BCUT2D eigenvalue weighted by Crippen LogP contribution is 2.31. The molecule has 3 heteroatoms. The molecule has 1 aliphatic rings. The van der Waals surface area contributed by atoms with Crippen molar-refractivity contribution < 1.29 is 9.47 Å². The first kappa shape index (κ1) is 21.4. The monoisotopic (exact) mass is 435 g/mol. The number of hydrogen-bond acceptors (Lipinski definition) is 3. The van der Waals surface area contributed by atoms with Gasteiger partial charge >= 0.3 is 0 Å². The Morgan fingerprint density at radius 1 is 0.697 bits per heavy atom. The highest BCUT2D eigenvalue weighted by atomic mass is 16.5. The van der Waals surface area contributed by atoms with E-state index in [1.54, 1.807) is 0 Å². The Hall–Kier alpha value is -3.40. The molecule has 3 nitrogen and oxygen atoms in total. The first-order valence-electron chi connectivity index (χ1n) is 11.6. The maximum atomic E-state index is 6.47. The predicted molar refractivity (Wildman–Crippen MR) is 134 cm³/mol. The maximum absolute atomic E-state index is 6.47. The smallest absolute Gasteiger partial charge is 0.127 e. The Labute approximate surface area is 196 Å². The Balaban J connectivity index is 1.28. The largest absolute Gasteiger partial charge is 0.457 e. The molecule has 166 valence electrons. The van der Waals surface area contributed by atoms with Gasteiger partial charge in [-0.25, -0.2) is 0 Å². The number of para-hydroxylation sites is 1. The summed E-state index contributed by atoms with van der Waals surface area (Å²) in [6.45, 7) is 2.44. The lowest BCUT2D eigenvalue weighted by Crippen LogP contribution is -2.41. The van der Waals surface area contributed by atoms with Gasteiger partial charge in [-0.3, -0.25) is 0 Å². The van der Waals surface area contributed by atoms with Crippen LogP contribution in [0.5, 0.6) is 11.5 Å². The van der Waals surface area contributed by atoms with Crippen LogP contribution < -0.4 is 10.1 Å². The molecule has 1 N–H and O–H groups in total. The summed E-state index contributed by atoms with van der Waals surface area (Å²) in [5, 5.41) is 3.51. The van der Waals surface area contributed by atoms with E-state index in [1.165, 1.54) is 16.7 Å². The van der Waals surface area contributed by atoms with Crippen molar-refractivity contribution in [2.45, 2.75) is 25.0 Å². The molecule has 0 aromatic heterocycles. The summed E-state index contributed by atoms with van der Waals surface area (Å²) in [5.74, 6) is 2.04. The van der Waals surface area contributed by atoms with Crippen LogP contribution in [0.1, 0.15) is 23.5 Å². The summed E-state index contributed by atoms with van der Waals surface area (Å²) in [5.41, 5.74) is 4.98. The Kier molecular flexibility index (Phi) is 6.81. The van der Waals surface area contributed by atoms with Gasteiger partial charge < -0.3 is 14.8 Å². The number of nitrogens with one attached hydrogen (secondary N) is 1. The van der Waals surface area contributed by atoms with Gasteiger partial charge in [-0.05, 0) is 59.5 Å². The molecule has 1 saturated heterocycles. The SMILES string of the molecule is c1ccc(Oc2cccc(CO[C@H]3CNCC[C@@H]3c3cccc(-c4ccccc4)c3)c2)cc1. The van der Waals surface area contributed by atoms with E-state index in [4.69, 9.17) is 9.47 Å². The van der Waals surface area contributed by atoms with E-state index in [9.17, 15) is 0 Å². The normalized spacial score (nSPS) is 18.1. The fraction of sp³-hybridized carbons (Fsp3) is 0.200. The maximum Gasteiger partial charge on any atom is 0.127 e. The zero-order valence-corrected chi connectivity index (χ0v) is 18.7. The minimum absolute atomic E-state index is 0.128. The Morgan fingerprint density at radius 2 is 1.42 bits per heavy atom. The van der Waals surface area contributed by atoms with Crippen LogP contribution in [0.15, 0.2) is 109 Å². The van der Waals surface area contributed by atoms with E-state index in [0.717, 1.165) is 36.6 Å². The first-order valence-corrected chi connectivity index (χ1v) is 11.6. The summed E-state index contributed by atoms with van der Waals surface area (Å²) >= 11 is 0. The second-order valence-corrected chi connectivity index (χ2v) is 8.50. The van der Waals surface area contributed by atoms with Gasteiger partial charge in [0, 0.05) is 12.5 Å². The van der Waals surface area contributed by atoms with E-state index >= 15 is 0 Å². The average molecular weight is 436 g/mol. The van der Waals surface area contributed by atoms with Gasteiger partial charge in [0.1, 0.15) is 11.5 Å². The molecule has 4 aromatic carbocycles. The van der Waals surface area contributed by atoms with Crippen molar-refractivity contribution >= 4 is 0 Å². The van der Waals surface area contributed by atoms with Gasteiger partial charge in [-0.1, -0.05) is 84.9 Å². The predicted octanol–water partition coefficient (Wildman–Crippen LogP) is 6.81. The zero-order valence-electron chi connectivity index (χ0n) is 18.7. The van der Waals surface area contributed by atoms with Crippen molar-refractivity contribution in [1.29, 1.82) is 0 Å². The molecule has 0 saturated carbocycles.